The summed E-state index contributed by atoms with van der Waals surface area (Å²) in [5, 5.41) is 10.9. The highest BCUT2D eigenvalue weighted by atomic mass is 16.5. The van der Waals surface area contributed by atoms with Gasteiger partial charge in [0.1, 0.15) is 0 Å². The van der Waals surface area contributed by atoms with E-state index in [2.05, 4.69) is 28.7 Å². The molecule has 8 heteroatoms. The van der Waals surface area contributed by atoms with Crippen molar-refractivity contribution < 1.29 is 19.1 Å². The molecule has 4 heterocycles. The Hall–Kier alpha value is -3.13. The number of fused-ring (bicyclic) bond motifs is 1. The third-order valence-corrected chi connectivity index (χ3v) is 6.16. The van der Waals surface area contributed by atoms with Crippen molar-refractivity contribution in [3.63, 3.8) is 0 Å². The SMILES string of the molecule is CCOC(=O)c1c(N2CCC(N(CC)CC)CC2)oc(C=C2C=Nc3ncccc32)c1O. The lowest BCUT2D eigenvalue weighted by molar-refractivity contribution is 0.0523. The summed E-state index contributed by atoms with van der Waals surface area (Å²) in [4.78, 5) is 25.7. The van der Waals surface area contributed by atoms with E-state index in [4.69, 9.17) is 9.15 Å². The van der Waals surface area contributed by atoms with Gasteiger partial charge in [-0.25, -0.2) is 14.8 Å². The zero-order chi connectivity index (χ0) is 22.7. The molecule has 0 spiro atoms. The van der Waals surface area contributed by atoms with E-state index in [0.717, 1.165) is 50.2 Å². The van der Waals surface area contributed by atoms with Gasteiger partial charge in [0.05, 0.1) is 6.61 Å². The molecule has 0 bridgehead atoms. The van der Waals surface area contributed by atoms with Gasteiger partial charge in [-0.1, -0.05) is 13.8 Å². The summed E-state index contributed by atoms with van der Waals surface area (Å²) >= 11 is 0. The van der Waals surface area contributed by atoms with Crippen molar-refractivity contribution in [3.8, 4) is 5.75 Å². The maximum atomic E-state index is 12.7. The average Bonchev–Trinajstić information content (AvgIpc) is 3.37. The second kappa shape index (κ2) is 9.56. The zero-order valence-corrected chi connectivity index (χ0v) is 18.9. The van der Waals surface area contributed by atoms with Crippen molar-refractivity contribution >= 4 is 35.5 Å². The first-order chi connectivity index (χ1) is 15.6. The highest BCUT2D eigenvalue weighted by Crippen LogP contribution is 2.40. The summed E-state index contributed by atoms with van der Waals surface area (Å²) in [5.41, 5.74) is 1.70. The van der Waals surface area contributed by atoms with Crippen LogP contribution in [0.4, 0.5) is 11.7 Å². The van der Waals surface area contributed by atoms with Gasteiger partial charge >= 0.3 is 5.97 Å². The molecule has 2 aromatic heterocycles. The average molecular weight is 439 g/mol. The molecule has 32 heavy (non-hydrogen) atoms. The molecular weight excluding hydrogens is 408 g/mol. The second-order valence-electron chi connectivity index (χ2n) is 7.89. The van der Waals surface area contributed by atoms with E-state index >= 15 is 0 Å². The van der Waals surface area contributed by atoms with E-state index in [1.54, 1.807) is 25.4 Å². The second-order valence-corrected chi connectivity index (χ2v) is 7.89. The van der Waals surface area contributed by atoms with Crippen LogP contribution in [-0.4, -0.2) is 66.0 Å². The molecule has 0 aromatic carbocycles. The van der Waals surface area contributed by atoms with Gasteiger partial charge in [-0.3, -0.25) is 0 Å². The minimum atomic E-state index is -0.582. The van der Waals surface area contributed by atoms with Gasteiger partial charge in [-0.15, -0.1) is 0 Å². The lowest BCUT2D eigenvalue weighted by Gasteiger charge is -2.37. The van der Waals surface area contributed by atoms with E-state index in [0.29, 0.717) is 17.7 Å². The van der Waals surface area contributed by atoms with Crippen LogP contribution in [0, 0.1) is 0 Å². The Bertz CT molecular complexity index is 1030. The summed E-state index contributed by atoms with van der Waals surface area (Å²) in [7, 11) is 0. The van der Waals surface area contributed by atoms with Crippen LogP contribution in [0.15, 0.2) is 27.7 Å². The smallest absolute Gasteiger partial charge is 0.347 e. The van der Waals surface area contributed by atoms with Crippen LogP contribution in [0.5, 0.6) is 5.75 Å². The Labute approximate surface area is 188 Å². The largest absolute Gasteiger partial charge is 0.504 e. The van der Waals surface area contributed by atoms with Crippen LogP contribution in [0.25, 0.3) is 11.6 Å². The number of aromatic nitrogens is 1. The summed E-state index contributed by atoms with van der Waals surface area (Å²) in [6.45, 7) is 9.84. The summed E-state index contributed by atoms with van der Waals surface area (Å²) < 4.78 is 11.3. The fourth-order valence-corrected chi connectivity index (χ4v) is 4.49. The molecule has 2 aliphatic heterocycles. The van der Waals surface area contributed by atoms with Gasteiger partial charge in [0.15, 0.2) is 22.9 Å². The van der Waals surface area contributed by atoms with Gasteiger partial charge in [-0.2, -0.15) is 0 Å². The van der Waals surface area contributed by atoms with E-state index in [1.165, 1.54) is 0 Å². The monoisotopic (exact) mass is 438 g/mol. The van der Waals surface area contributed by atoms with Crippen LogP contribution in [0.3, 0.4) is 0 Å². The van der Waals surface area contributed by atoms with Crippen LogP contribution >= 0.6 is 0 Å². The van der Waals surface area contributed by atoms with Gasteiger partial charge in [0.2, 0.25) is 5.88 Å². The quantitative estimate of drug-likeness (QED) is 0.650. The van der Waals surface area contributed by atoms with Crippen LogP contribution in [0.1, 0.15) is 55.3 Å². The van der Waals surface area contributed by atoms with E-state index in [9.17, 15) is 9.90 Å². The number of esters is 1. The first-order valence-corrected chi connectivity index (χ1v) is 11.3. The number of ether oxygens (including phenoxy) is 1. The number of furan rings is 1. The summed E-state index contributed by atoms with van der Waals surface area (Å²) in [6, 6.07) is 4.25. The summed E-state index contributed by atoms with van der Waals surface area (Å²) in [5.74, 6) is 0.414. The first kappa shape index (κ1) is 22.1. The Morgan fingerprint density at radius 3 is 2.75 bits per heavy atom. The molecule has 0 unspecified atom stereocenters. The third kappa shape index (κ3) is 4.14. The Balaban J connectivity index is 1.65. The van der Waals surface area contributed by atoms with Crippen molar-refractivity contribution in [1.82, 2.24) is 9.88 Å². The number of pyridine rings is 1. The molecule has 4 rings (SSSR count). The molecule has 1 saturated heterocycles. The van der Waals surface area contributed by atoms with Gasteiger partial charge < -0.3 is 24.1 Å². The molecule has 1 N–H and O–H groups in total. The molecule has 0 radical (unpaired) electrons. The number of hydrogen-bond acceptors (Lipinski definition) is 8. The maximum absolute atomic E-state index is 12.7. The van der Waals surface area contributed by atoms with Crippen LogP contribution < -0.4 is 4.90 Å². The predicted octanol–water partition coefficient (Wildman–Crippen LogP) is 4.12. The number of hydrogen-bond donors (Lipinski definition) is 1. The van der Waals surface area contributed by atoms with Crippen molar-refractivity contribution in [1.29, 1.82) is 0 Å². The Morgan fingerprint density at radius 1 is 1.31 bits per heavy atom. The summed E-state index contributed by atoms with van der Waals surface area (Å²) in [6.07, 6.45) is 6.99. The van der Waals surface area contributed by atoms with Crippen molar-refractivity contribution in [2.24, 2.45) is 4.99 Å². The zero-order valence-electron chi connectivity index (χ0n) is 18.9. The number of aliphatic imine (C=N–C) groups is 1. The fraction of sp³-hybridized carbons (Fsp3) is 0.458. The number of nitrogens with zero attached hydrogens (tertiary/aromatic N) is 4. The maximum Gasteiger partial charge on any atom is 0.347 e. The molecule has 2 aromatic rings. The number of anilines is 1. The van der Waals surface area contributed by atoms with Crippen molar-refractivity contribution in [3.05, 3.63) is 35.2 Å². The van der Waals surface area contributed by atoms with Gasteiger partial charge in [-0.05, 0) is 51.1 Å². The number of carbonyl (C=O) groups is 1. The Morgan fingerprint density at radius 2 is 2.06 bits per heavy atom. The molecule has 0 amide bonds. The van der Waals surface area contributed by atoms with Crippen LogP contribution in [-0.2, 0) is 4.74 Å². The van der Waals surface area contributed by atoms with Crippen LogP contribution in [0.2, 0.25) is 0 Å². The third-order valence-electron chi connectivity index (χ3n) is 6.16. The molecule has 8 nitrogen and oxygen atoms in total. The molecule has 0 aliphatic carbocycles. The van der Waals surface area contributed by atoms with Crippen molar-refractivity contribution in [2.75, 3.05) is 37.7 Å². The number of aromatic hydroxyl groups is 1. The number of rotatable bonds is 7. The topological polar surface area (TPSA) is 91.4 Å². The molecule has 0 saturated carbocycles. The Kier molecular flexibility index (Phi) is 6.60. The fourth-order valence-electron chi connectivity index (χ4n) is 4.49. The highest BCUT2D eigenvalue weighted by Gasteiger charge is 2.33. The lowest BCUT2D eigenvalue weighted by Crippen LogP contribution is -2.45. The number of piperidine rings is 1. The van der Waals surface area contributed by atoms with Crippen molar-refractivity contribution in [2.45, 2.75) is 39.7 Å². The number of allylic oxidation sites excluding steroid dienone is 1. The predicted molar refractivity (Wildman–Crippen MR) is 125 cm³/mol. The lowest BCUT2D eigenvalue weighted by atomic mass is 10.0. The molecular formula is C24H30N4O4. The molecule has 170 valence electrons. The van der Waals surface area contributed by atoms with E-state index in [-0.39, 0.29) is 23.7 Å². The highest BCUT2D eigenvalue weighted by molar-refractivity contribution is 6.21. The minimum absolute atomic E-state index is 0.0846. The number of carbonyl (C=O) groups excluding carboxylic acids is 1. The van der Waals surface area contributed by atoms with E-state index < -0.39 is 5.97 Å². The standard InChI is InChI=1S/C24H30N4O4/c1-4-27(5-2)17-9-12-28(13-10-17)23-20(24(30)31-6-3)21(29)19(32-23)14-16-15-26-22-18(16)8-7-11-25-22/h7-8,11,14-15,17,29H,4-6,9-10,12-13H2,1-3H3. The first-order valence-electron chi connectivity index (χ1n) is 11.3. The normalized spacial score (nSPS) is 17.4. The molecule has 2 aliphatic rings. The molecule has 1 fully saturated rings. The van der Waals surface area contributed by atoms with Gasteiger partial charge in [0.25, 0.3) is 0 Å². The van der Waals surface area contributed by atoms with E-state index in [1.807, 2.05) is 17.0 Å². The van der Waals surface area contributed by atoms with Gasteiger partial charge in [0, 0.05) is 42.7 Å². The molecule has 0 atom stereocenters. The minimum Gasteiger partial charge on any atom is -0.504 e.